The molecule has 5 heteroatoms. The Balaban J connectivity index is 2.03. The lowest BCUT2D eigenvalue weighted by molar-refractivity contribution is -0.150. The van der Waals surface area contributed by atoms with Gasteiger partial charge in [0.25, 0.3) is 0 Å². The molecule has 0 amide bonds. The zero-order valence-electron chi connectivity index (χ0n) is 10.5. The Bertz CT molecular complexity index is 429. The lowest BCUT2D eigenvalue weighted by atomic mass is 10.1. The molecule has 18 heavy (non-hydrogen) atoms. The van der Waals surface area contributed by atoms with Crippen LogP contribution in [0.1, 0.15) is 12.5 Å². The summed E-state index contributed by atoms with van der Waals surface area (Å²) in [5.74, 6) is 0.995. The van der Waals surface area contributed by atoms with Gasteiger partial charge in [0.15, 0.2) is 12.9 Å². The molecule has 1 aromatic carbocycles. The summed E-state index contributed by atoms with van der Waals surface area (Å²) in [5, 5.41) is 0. The number of ether oxygens (including phenoxy) is 4. The van der Waals surface area contributed by atoms with Crippen molar-refractivity contribution < 1.29 is 23.7 Å². The molecular weight excluding hydrogens is 236 g/mol. The Hall–Kier alpha value is -1.75. The van der Waals surface area contributed by atoms with Gasteiger partial charge in [0.2, 0.25) is 0 Å². The Morgan fingerprint density at radius 1 is 1.50 bits per heavy atom. The first-order valence-corrected chi connectivity index (χ1v) is 5.82. The third-order valence-corrected chi connectivity index (χ3v) is 2.61. The molecule has 0 aliphatic carbocycles. The van der Waals surface area contributed by atoms with Gasteiger partial charge in [-0.1, -0.05) is 6.07 Å². The number of fused-ring (bicyclic) bond motifs is 1. The molecule has 98 valence electrons. The molecule has 0 saturated carbocycles. The monoisotopic (exact) mass is 252 g/mol. The van der Waals surface area contributed by atoms with Crippen LogP contribution in [0.25, 0.3) is 0 Å². The lowest BCUT2D eigenvalue weighted by Gasteiger charge is -2.09. The van der Waals surface area contributed by atoms with Gasteiger partial charge in [-0.3, -0.25) is 0 Å². The average molecular weight is 252 g/mol. The van der Waals surface area contributed by atoms with Crippen LogP contribution in [0.4, 0.5) is 0 Å². The number of rotatable bonds is 5. The zero-order valence-corrected chi connectivity index (χ0v) is 10.5. The lowest BCUT2D eigenvalue weighted by Crippen LogP contribution is -2.27. The molecule has 1 aliphatic heterocycles. The third-order valence-electron chi connectivity index (χ3n) is 2.61. The molecule has 0 aromatic heterocycles. The molecule has 2 rings (SSSR count). The number of methoxy groups -OCH3 is 1. The minimum Gasteiger partial charge on any atom is -0.478 e. The number of esters is 1. The van der Waals surface area contributed by atoms with Crippen LogP contribution in [0, 0.1) is 0 Å². The highest BCUT2D eigenvalue weighted by atomic mass is 16.7. The van der Waals surface area contributed by atoms with Gasteiger partial charge in [-0.2, -0.15) is 0 Å². The molecule has 0 spiro atoms. The quantitative estimate of drug-likeness (QED) is 0.587. The van der Waals surface area contributed by atoms with E-state index in [2.05, 4.69) is 0 Å². The second kappa shape index (κ2) is 5.73. The maximum Gasteiger partial charge on any atom is 0.347 e. The van der Waals surface area contributed by atoms with Gasteiger partial charge in [-0.15, -0.1) is 0 Å². The smallest absolute Gasteiger partial charge is 0.347 e. The van der Waals surface area contributed by atoms with Crippen LogP contribution >= 0.6 is 0 Å². The van der Waals surface area contributed by atoms with Crippen molar-refractivity contribution >= 4 is 5.97 Å². The molecule has 0 bridgehead atoms. The first kappa shape index (κ1) is 12.7. The van der Waals surface area contributed by atoms with Crippen molar-refractivity contribution in [1.82, 2.24) is 0 Å². The summed E-state index contributed by atoms with van der Waals surface area (Å²) in [7, 11) is 1.56. The van der Waals surface area contributed by atoms with E-state index in [0.717, 1.165) is 5.56 Å². The van der Waals surface area contributed by atoms with E-state index in [0.29, 0.717) is 24.5 Å². The van der Waals surface area contributed by atoms with E-state index in [1.54, 1.807) is 20.1 Å². The fourth-order valence-corrected chi connectivity index (χ4v) is 1.79. The van der Waals surface area contributed by atoms with E-state index in [-0.39, 0.29) is 12.8 Å². The Morgan fingerprint density at radius 3 is 3.06 bits per heavy atom. The third kappa shape index (κ3) is 2.73. The summed E-state index contributed by atoms with van der Waals surface area (Å²) < 4.78 is 20.6. The van der Waals surface area contributed by atoms with E-state index in [1.165, 1.54) is 0 Å². The number of carbonyl (C=O) groups is 1. The first-order valence-electron chi connectivity index (χ1n) is 5.82. The normalized spacial score (nSPS) is 16.9. The van der Waals surface area contributed by atoms with Gasteiger partial charge in [0.05, 0.1) is 6.61 Å². The van der Waals surface area contributed by atoms with Gasteiger partial charge in [-0.05, 0) is 18.6 Å². The number of carbonyl (C=O) groups excluding carboxylic acids is 1. The topological polar surface area (TPSA) is 54.0 Å². The number of hydrogen-bond acceptors (Lipinski definition) is 5. The molecule has 1 aliphatic rings. The van der Waals surface area contributed by atoms with E-state index in [4.69, 9.17) is 18.9 Å². The van der Waals surface area contributed by atoms with Gasteiger partial charge < -0.3 is 18.9 Å². The maximum absolute atomic E-state index is 11.6. The fraction of sp³-hybridized carbons (Fsp3) is 0.462. The van der Waals surface area contributed by atoms with Gasteiger partial charge in [0.1, 0.15) is 11.5 Å². The molecule has 1 heterocycles. The number of benzene rings is 1. The highest BCUT2D eigenvalue weighted by molar-refractivity contribution is 5.77. The van der Waals surface area contributed by atoms with Gasteiger partial charge in [0, 0.05) is 19.6 Å². The molecule has 0 N–H and O–H groups in total. The van der Waals surface area contributed by atoms with Crippen LogP contribution in [0.3, 0.4) is 0 Å². The standard InChI is InChI=1S/C13H16O5/c1-3-16-13(14)12-6-9-4-5-10(17-8-15-2)7-11(9)18-12/h4-5,7,12H,3,6,8H2,1-2H3/t12-/m0/s1. The molecule has 0 saturated heterocycles. The van der Waals surface area contributed by atoms with Crippen LogP contribution in [-0.2, 0) is 20.7 Å². The van der Waals surface area contributed by atoms with Crippen molar-refractivity contribution in [2.75, 3.05) is 20.5 Å². The van der Waals surface area contributed by atoms with E-state index in [1.807, 2.05) is 12.1 Å². The summed E-state index contributed by atoms with van der Waals surface area (Å²) >= 11 is 0. The van der Waals surface area contributed by atoms with Gasteiger partial charge >= 0.3 is 5.97 Å². The maximum atomic E-state index is 11.6. The SMILES string of the molecule is CCOC(=O)[C@@H]1Cc2ccc(OCOC)cc2O1. The molecule has 5 nitrogen and oxygen atoms in total. The largest absolute Gasteiger partial charge is 0.478 e. The summed E-state index contributed by atoms with van der Waals surface area (Å²) in [5.41, 5.74) is 0.984. The minimum absolute atomic E-state index is 0.181. The highest BCUT2D eigenvalue weighted by Gasteiger charge is 2.30. The highest BCUT2D eigenvalue weighted by Crippen LogP contribution is 2.32. The average Bonchev–Trinajstić information content (AvgIpc) is 2.79. The van der Waals surface area contributed by atoms with Crippen molar-refractivity contribution in [3.05, 3.63) is 23.8 Å². The summed E-state index contributed by atoms with van der Waals surface area (Å²) in [6, 6.07) is 5.47. The predicted molar refractivity (Wildman–Crippen MR) is 63.7 cm³/mol. The Morgan fingerprint density at radius 2 is 2.33 bits per heavy atom. The predicted octanol–water partition coefficient (Wildman–Crippen LogP) is 1.54. The van der Waals surface area contributed by atoms with Gasteiger partial charge in [-0.25, -0.2) is 4.79 Å². The van der Waals surface area contributed by atoms with E-state index < -0.39 is 6.10 Å². The van der Waals surface area contributed by atoms with Crippen molar-refractivity contribution in [2.24, 2.45) is 0 Å². The van der Waals surface area contributed by atoms with Crippen molar-refractivity contribution in [3.63, 3.8) is 0 Å². The van der Waals surface area contributed by atoms with Crippen LogP contribution in [0.5, 0.6) is 11.5 Å². The molecular formula is C13H16O5. The number of hydrogen-bond donors (Lipinski definition) is 0. The molecule has 1 atom stereocenters. The van der Waals surface area contributed by atoms with Crippen LogP contribution in [0.2, 0.25) is 0 Å². The van der Waals surface area contributed by atoms with Crippen LogP contribution in [-0.4, -0.2) is 32.6 Å². The fourth-order valence-electron chi connectivity index (χ4n) is 1.79. The minimum atomic E-state index is -0.544. The molecule has 1 aromatic rings. The van der Waals surface area contributed by atoms with E-state index in [9.17, 15) is 4.79 Å². The van der Waals surface area contributed by atoms with Crippen LogP contribution in [0.15, 0.2) is 18.2 Å². The van der Waals surface area contributed by atoms with Crippen LogP contribution < -0.4 is 9.47 Å². The van der Waals surface area contributed by atoms with E-state index >= 15 is 0 Å². The zero-order chi connectivity index (χ0) is 13.0. The second-order valence-electron chi connectivity index (χ2n) is 3.88. The second-order valence-corrected chi connectivity index (χ2v) is 3.88. The summed E-state index contributed by atoms with van der Waals surface area (Å²) in [6.45, 7) is 2.31. The Kier molecular flexibility index (Phi) is 4.04. The van der Waals surface area contributed by atoms with Crippen molar-refractivity contribution in [2.45, 2.75) is 19.4 Å². The van der Waals surface area contributed by atoms with Crippen molar-refractivity contribution in [1.29, 1.82) is 0 Å². The van der Waals surface area contributed by atoms with Crippen molar-refractivity contribution in [3.8, 4) is 11.5 Å². The first-order chi connectivity index (χ1) is 8.74. The molecule has 0 radical (unpaired) electrons. The summed E-state index contributed by atoms with van der Waals surface area (Å²) in [6.07, 6.45) is -0.00346. The summed E-state index contributed by atoms with van der Waals surface area (Å²) in [4.78, 5) is 11.6. The Labute approximate surface area is 106 Å². The molecule has 0 fully saturated rings. The molecule has 0 unspecified atom stereocenters.